The number of anilines is 1. The van der Waals surface area contributed by atoms with Gasteiger partial charge in [0.05, 0.1) is 22.6 Å². The average Bonchev–Trinajstić information content (AvgIpc) is 2.82. The molecule has 1 amide bonds. The molecule has 4 rings (SSSR count). The van der Waals surface area contributed by atoms with E-state index >= 15 is 0 Å². The number of hydrogen-bond donors (Lipinski definition) is 1. The van der Waals surface area contributed by atoms with Crippen LogP contribution < -0.4 is 15.5 Å². The second-order valence-corrected chi connectivity index (χ2v) is 9.49. The SMILES string of the molecule is CCOc1ccccc1NC(=O)Cn1cc(S(=O)(=O)c2ccccc2)c(=O)c2ccc(C)nc21. The Morgan fingerprint density at radius 2 is 1.74 bits per heavy atom. The minimum absolute atomic E-state index is 0.00633. The molecule has 0 bridgehead atoms. The van der Waals surface area contributed by atoms with Crippen molar-refractivity contribution in [3.8, 4) is 5.75 Å². The van der Waals surface area contributed by atoms with E-state index < -0.39 is 26.1 Å². The van der Waals surface area contributed by atoms with Crippen molar-refractivity contribution in [2.45, 2.75) is 30.2 Å². The van der Waals surface area contributed by atoms with E-state index in [1.165, 1.54) is 29.0 Å². The van der Waals surface area contributed by atoms with Crippen LogP contribution in [0.25, 0.3) is 11.0 Å². The van der Waals surface area contributed by atoms with Crippen molar-refractivity contribution < 1.29 is 17.9 Å². The number of carbonyl (C=O) groups excluding carboxylic acids is 1. The van der Waals surface area contributed by atoms with Crippen molar-refractivity contribution >= 4 is 32.5 Å². The van der Waals surface area contributed by atoms with Gasteiger partial charge in [-0.15, -0.1) is 0 Å². The fourth-order valence-corrected chi connectivity index (χ4v) is 4.96. The Morgan fingerprint density at radius 1 is 1.03 bits per heavy atom. The monoisotopic (exact) mass is 477 g/mol. The molecule has 8 nitrogen and oxygen atoms in total. The van der Waals surface area contributed by atoms with Crippen molar-refractivity contribution in [2.24, 2.45) is 0 Å². The molecule has 174 valence electrons. The zero-order valence-electron chi connectivity index (χ0n) is 18.7. The predicted octanol–water partition coefficient (Wildman–Crippen LogP) is 3.58. The van der Waals surface area contributed by atoms with Crippen LogP contribution in [0.5, 0.6) is 5.75 Å². The number of nitrogens with zero attached hydrogens (tertiary/aromatic N) is 2. The van der Waals surface area contributed by atoms with Gasteiger partial charge in [0.15, 0.2) is 0 Å². The average molecular weight is 478 g/mol. The van der Waals surface area contributed by atoms with Crippen LogP contribution in [0.3, 0.4) is 0 Å². The highest BCUT2D eigenvalue weighted by molar-refractivity contribution is 7.91. The Balaban J connectivity index is 1.80. The molecule has 0 aliphatic rings. The van der Waals surface area contributed by atoms with Gasteiger partial charge >= 0.3 is 0 Å². The number of carbonyl (C=O) groups is 1. The Labute approximate surface area is 196 Å². The highest BCUT2D eigenvalue weighted by Gasteiger charge is 2.24. The lowest BCUT2D eigenvalue weighted by molar-refractivity contribution is -0.116. The molecular formula is C25H23N3O5S. The fraction of sp³-hybridized carbons (Fsp3) is 0.160. The van der Waals surface area contributed by atoms with Crippen molar-refractivity contribution in [2.75, 3.05) is 11.9 Å². The number of fused-ring (bicyclic) bond motifs is 1. The summed E-state index contributed by atoms with van der Waals surface area (Å²) in [7, 11) is -4.12. The minimum Gasteiger partial charge on any atom is -0.492 e. The van der Waals surface area contributed by atoms with E-state index in [0.29, 0.717) is 23.7 Å². The summed E-state index contributed by atoms with van der Waals surface area (Å²) in [6.45, 7) is 3.77. The van der Waals surface area contributed by atoms with Crippen molar-refractivity contribution in [1.29, 1.82) is 0 Å². The number of hydrogen-bond acceptors (Lipinski definition) is 6. The van der Waals surface area contributed by atoms with Gasteiger partial charge in [-0.05, 0) is 50.2 Å². The van der Waals surface area contributed by atoms with Crippen molar-refractivity contribution in [3.63, 3.8) is 0 Å². The first-order valence-electron chi connectivity index (χ1n) is 10.6. The smallest absolute Gasteiger partial charge is 0.244 e. The lowest BCUT2D eigenvalue weighted by Gasteiger charge is -2.15. The maximum atomic E-state index is 13.3. The summed E-state index contributed by atoms with van der Waals surface area (Å²) in [5.74, 6) is 0.0906. The number of sulfone groups is 1. The number of benzene rings is 2. The first kappa shape index (κ1) is 23.2. The summed E-state index contributed by atoms with van der Waals surface area (Å²) in [5.41, 5.74) is 0.678. The molecule has 1 N–H and O–H groups in total. The molecule has 9 heteroatoms. The molecule has 0 unspecified atom stereocenters. The van der Waals surface area contributed by atoms with Crippen LogP contribution >= 0.6 is 0 Å². The molecule has 4 aromatic rings. The number of rotatable bonds is 7. The highest BCUT2D eigenvalue weighted by Crippen LogP contribution is 2.24. The number of amides is 1. The molecular weight excluding hydrogens is 454 g/mol. The largest absolute Gasteiger partial charge is 0.492 e. The van der Waals surface area contributed by atoms with Crippen LogP contribution in [0.4, 0.5) is 5.69 Å². The van der Waals surface area contributed by atoms with Crippen LogP contribution in [-0.2, 0) is 21.2 Å². The van der Waals surface area contributed by atoms with Crippen LogP contribution in [0.15, 0.2) is 87.5 Å². The summed E-state index contributed by atoms with van der Waals surface area (Å²) in [4.78, 5) is 30.1. The number of ether oxygens (including phenoxy) is 1. The Bertz CT molecular complexity index is 1530. The number of aryl methyl sites for hydroxylation is 1. The molecule has 0 radical (unpaired) electrons. The Kier molecular flexibility index (Phi) is 6.47. The van der Waals surface area contributed by atoms with E-state index in [0.717, 1.165) is 0 Å². The molecule has 2 aromatic heterocycles. The van der Waals surface area contributed by atoms with Crippen LogP contribution in [-0.4, -0.2) is 30.5 Å². The van der Waals surface area contributed by atoms with Gasteiger partial charge in [0.1, 0.15) is 22.8 Å². The molecule has 0 aliphatic carbocycles. The first-order valence-corrected chi connectivity index (χ1v) is 12.1. The third kappa shape index (κ3) is 4.55. The highest BCUT2D eigenvalue weighted by atomic mass is 32.2. The third-order valence-electron chi connectivity index (χ3n) is 5.15. The molecule has 0 aliphatic heterocycles. The Hall–Kier alpha value is -3.98. The van der Waals surface area contributed by atoms with Crippen LogP contribution in [0, 0.1) is 6.92 Å². The maximum absolute atomic E-state index is 13.3. The van der Waals surface area contributed by atoms with Crippen LogP contribution in [0.1, 0.15) is 12.6 Å². The van der Waals surface area contributed by atoms with Crippen molar-refractivity contribution in [1.82, 2.24) is 9.55 Å². The molecule has 0 fully saturated rings. The van der Waals surface area contributed by atoms with Crippen molar-refractivity contribution in [3.05, 3.63) is 88.8 Å². The summed E-state index contributed by atoms with van der Waals surface area (Å²) < 4.78 is 33.5. The lowest BCUT2D eigenvalue weighted by atomic mass is 10.2. The summed E-state index contributed by atoms with van der Waals surface area (Å²) >= 11 is 0. The van der Waals surface area contributed by atoms with Gasteiger partial charge in [0.2, 0.25) is 21.2 Å². The predicted molar refractivity (Wildman–Crippen MR) is 129 cm³/mol. The van der Waals surface area contributed by atoms with Crippen LogP contribution in [0.2, 0.25) is 0 Å². The van der Waals surface area contributed by atoms with E-state index in [2.05, 4.69) is 10.3 Å². The molecule has 0 atom stereocenters. The molecule has 2 heterocycles. The van der Waals surface area contributed by atoms with Gasteiger partial charge in [0, 0.05) is 11.9 Å². The zero-order chi connectivity index (χ0) is 24.3. The number of para-hydroxylation sites is 2. The molecule has 34 heavy (non-hydrogen) atoms. The Morgan fingerprint density at radius 3 is 2.47 bits per heavy atom. The van der Waals surface area contributed by atoms with E-state index in [4.69, 9.17) is 4.74 Å². The molecule has 2 aromatic carbocycles. The van der Waals surface area contributed by atoms with Gasteiger partial charge in [-0.2, -0.15) is 0 Å². The summed E-state index contributed by atoms with van der Waals surface area (Å²) in [5, 5.41) is 2.90. The van der Waals surface area contributed by atoms with Gasteiger partial charge in [-0.1, -0.05) is 30.3 Å². The van der Waals surface area contributed by atoms with E-state index in [9.17, 15) is 18.0 Å². The first-order chi connectivity index (χ1) is 16.3. The van der Waals surface area contributed by atoms with Gasteiger partial charge in [-0.25, -0.2) is 13.4 Å². The van der Waals surface area contributed by atoms with E-state index in [1.54, 1.807) is 55.5 Å². The maximum Gasteiger partial charge on any atom is 0.244 e. The standard InChI is InChI=1S/C25H23N3O5S/c1-3-33-21-12-8-7-11-20(21)27-23(29)16-28-15-22(34(31,32)18-9-5-4-6-10-18)24(30)19-14-13-17(2)26-25(19)28/h4-15H,3,16H2,1-2H3,(H,27,29). The minimum atomic E-state index is -4.12. The number of pyridine rings is 2. The van der Waals surface area contributed by atoms with E-state index in [-0.39, 0.29) is 22.5 Å². The number of aromatic nitrogens is 2. The molecule has 0 saturated carbocycles. The molecule has 0 saturated heterocycles. The second-order valence-electron chi connectivity index (χ2n) is 7.57. The van der Waals surface area contributed by atoms with Gasteiger partial charge < -0.3 is 14.6 Å². The quantitative estimate of drug-likeness (QED) is 0.436. The van der Waals surface area contributed by atoms with E-state index in [1.807, 2.05) is 6.92 Å². The summed E-state index contributed by atoms with van der Waals surface area (Å²) in [6.07, 6.45) is 1.19. The summed E-state index contributed by atoms with van der Waals surface area (Å²) in [6, 6.07) is 17.9. The third-order valence-corrected chi connectivity index (χ3v) is 6.91. The van der Waals surface area contributed by atoms with Gasteiger partial charge in [-0.3, -0.25) is 9.59 Å². The molecule has 0 spiro atoms. The van der Waals surface area contributed by atoms with Gasteiger partial charge in [0.25, 0.3) is 0 Å². The topological polar surface area (TPSA) is 107 Å². The normalized spacial score (nSPS) is 11.4. The number of nitrogens with one attached hydrogen (secondary N) is 1. The zero-order valence-corrected chi connectivity index (χ0v) is 19.5. The fourth-order valence-electron chi connectivity index (χ4n) is 3.57. The lowest BCUT2D eigenvalue weighted by Crippen LogP contribution is -2.24. The second kappa shape index (κ2) is 9.48.